The third kappa shape index (κ3) is 7.69. The highest BCUT2D eigenvalue weighted by molar-refractivity contribution is 5.99. The van der Waals surface area contributed by atoms with Gasteiger partial charge >= 0.3 is 5.97 Å². The largest absolute Gasteiger partial charge is 0.490 e. The summed E-state index contributed by atoms with van der Waals surface area (Å²) in [5, 5.41) is 2.90. The van der Waals surface area contributed by atoms with Crippen LogP contribution in [0, 0.1) is 0 Å². The molecule has 0 aliphatic carbocycles. The highest BCUT2D eigenvalue weighted by Gasteiger charge is 2.33. The summed E-state index contributed by atoms with van der Waals surface area (Å²) in [6.07, 6.45) is 4.11. The molecule has 1 N–H and O–H groups in total. The molecule has 1 aromatic rings. The van der Waals surface area contributed by atoms with Crippen molar-refractivity contribution < 1.29 is 23.8 Å². The number of unbranched alkanes of at least 4 members (excludes halogenated alkanes) is 1. The summed E-state index contributed by atoms with van der Waals surface area (Å²) in [6.45, 7) is 12.4. The SMILES string of the molecule is CCCC[C@@](C)(OCCC)C(=O)Nc1ccc(O[C@H](C)CC)c(C(=O)OCC)c1. The van der Waals surface area contributed by atoms with Gasteiger partial charge in [0.25, 0.3) is 5.91 Å². The normalized spacial score (nSPS) is 14.0. The highest BCUT2D eigenvalue weighted by atomic mass is 16.5. The lowest BCUT2D eigenvalue weighted by Gasteiger charge is -2.29. The van der Waals surface area contributed by atoms with Crippen molar-refractivity contribution in [1.29, 1.82) is 0 Å². The zero-order valence-corrected chi connectivity index (χ0v) is 18.8. The van der Waals surface area contributed by atoms with Crippen molar-refractivity contribution in [3.05, 3.63) is 23.8 Å². The maximum atomic E-state index is 13.0. The minimum Gasteiger partial charge on any atom is -0.490 e. The molecule has 6 heteroatoms. The highest BCUT2D eigenvalue weighted by Crippen LogP contribution is 2.27. The van der Waals surface area contributed by atoms with Crippen LogP contribution in [-0.2, 0) is 14.3 Å². The number of hydrogen-bond acceptors (Lipinski definition) is 5. The molecule has 0 aliphatic heterocycles. The number of esters is 1. The number of benzene rings is 1. The van der Waals surface area contributed by atoms with Crippen LogP contribution in [0.15, 0.2) is 18.2 Å². The molecule has 0 unspecified atom stereocenters. The molecule has 0 aliphatic rings. The van der Waals surface area contributed by atoms with Crippen LogP contribution in [-0.4, -0.2) is 36.8 Å². The van der Waals surface area contributed by atoms with Crippen molar-refractivity contribution in [3.8, 4) is 5.75 Å². The van der Waals surface area contributed by atoms with E-state index in [2.05, 4.69) is 12.2 Å². The van der Waals surface area contributed by atoms with Crippen molar-refractivity contribution in [2.75, 3.05) is 18.5 Å². The zero-order chi connectivity index (χ0) is 21.9. The predicted octanol–water partition coefficient (Wildman–Crippen LogP) is 5.35. The van der Waals surface area contributed by atoms with E-state index in [-0.39, 0.29) is 18.6 Å². The topological polar surface area (TPSA) is 73.9 Å². The Morgan fingerprint density at radius 2 is 1.86 bits per heavy atom. The van der Waals surface area contributed by atoms with Gasteiger partial charge in [-0.1, -0.05) is 33.6 Å². The molecule has 164 valence electrons. The number of ether oxygens (including phenoxy) is 3. The summed E-state index contributed by atoms with van der Waals surface area (Å²) < 4.78 is 16.9. The molecule has 6 nitrogen and oxygen atoms in total. The molecular formula is C23H37NO5. The second kappa shape index (κ2) is 12.5. The average molecular weight is 408 g/mol. The number of anilines is 1. The van der Waals surface area contributed by atoms with Gasteiger partial charge in [0.15, 0.2) is 0 Å². The van der Waals surface area contributed by atoms with Gasteiger partial charge in [-0.2, -0.15) is 0 Å². The number of hydrogen-bond donors (Lipinski definition) is 1. The van der Waals surface area contributed by atoms with Crippen LogP contribution >= 0.6 is 0 Å². The van der Waals surface area contributed by atoms with E-state index >= 15 is 0 Å². The van der Waals surface area contributed by atoms with E-state index in [9.17, 15) is 9.59 Å². The molecule has 29 heavy (non-hydrogen) atoms. The summed E-state index contributed by atoms with van der Waals surface area (Å²) in [4.78, 5) is 25.4. The second-order valence-corrected chi connectivity index (χ2v) is 7.41. The first-order chi connectivity index (χ1) is 13.8. The van der Waals surface area contributed by atoms with Gasteiger partial charge in [-0.05, 0) is 58.2 Å². The molecule has 0 spiro atoms. The van der Waals surface area contributed by atoms with Crippen molar-refractivity contribution in [2.24, 2.45) is 0 Å². The Labute approximate surface area is 175 Å². The molecule has 0 aromatic heterocycles. The van der Waals surface area contributed by atoms with Gasteiger partial charge in [-0.25, -0.2) is 4.79 Å². The maximum Gasteiger partial charge on any atom is 0.341 e. The van der Waals surface area contributed by atoms with Crippen LogP contribution in [0.2, 0.25) is 0 Å². The zero-order valence-electron chi connectivity index (χ0n) is 18.8. The minimum absolute atomic E-state index is 0.0385. The fraction of sp³-hybridized carbons (Fsp3) is 0.652. The lowest BCUT2D eigenvalue weighted by molar-refractivity contribution is -0.140. The Bertz CT molecular complexity index is 651. The number of amides is 1. The number of carbonyl (C=O) groups excluding carboxylic acids is 2. The fourth-order valence-corrected chi connectivity index (χ4v) is 2.73. The molecule has 1 aromatic carbocycles. The number of carbonyl (C=O) groups is 2. The van der Waals surface area contributed by atoms with Gasteiger partial charge in [0.05, 0.1) is 12.7 Å². The maximum absolute atomic E-state index is 13.0. The number of rotatable bonds is 13. The van der Waals surface area contributed by atoms with Crippen molar-refractivity contribution >= 4 is 17.6 Å². The quantitative estimate of drug-likeness (QED) is 0.446. The van der Waals surface area contributed by atoms with Gasteiger partial charge in [0.2, 0.25) is 0 Å². The Balaban J connectivity index is 3.10. The minimum atomic E-state index is -0.915. The Kier molecular flexibility index (Phi) is 10.7. The van der Waals surface area contributed by atoms with Gasteiger partial charge in [0, 0.05) is 12.3 Å². The van der Waals surface area contributed by atoms with E-state index in [1.54, 1.807) is 25.1 Å². The average Bonchev–Trinajstić information content (AvgIpc) is 2.71. The molecule has 0 bridgehead atoms. The molecule has 2 atom stereocenters. The summed E-state index contributed by atoms with van der Waals surface area (Å²) >= 11 is 0. The Morgan fingerprint density at radius 1 is 1.14 bits per heavy atom. The molecule has 0 heterocycles. The van der Waals surface area contributed by atoms with E-state index in [0.717, 1.165) is 25.7 Å². The molecule has 0 fully saturated rings. The van der Waals surface area contributed by atoms with Crippen molar-refractivity contribution in [2.45, 2.75) is 85.4 Å². The Morgan fingerprint density at radius 3 is 2.45 bits per heavy atom. The van der Waals surface area contributed by atoms with E-state index in [1.807, 2.05) is 27.7 Å². The van der Waals surface area contributed by atoms with E-state index in [0.29, 0.717) is 30.0 Å². The Hall–Kier alpha value is -2.08. The summed E-state index contributed by atoms with van der Waals surface area (Å²) in [5.74, 6) is -0.241. The first-order valence-electron chi connectivity index (χ1n) is 10.7. The number of nitrogens with one attached hydrogen (secondary N) is 1. The third-order valence-corrected chi connectivity index (χ3v) is 4.75. The van der Waals surface area contributed by atoms with Crippen LogP contribution in [0.3, 0.4) is 0 Å². The van der Waals surface area contributed by atoms with Crippen LogP contribution < -0.4 is 10.1 Å². The molecular weight excluding hydrogens is 370 g/mol. The van der Waals surface area contributed by atoms with E-state index in [4.69, 9.17) is 14.2 Å². The molecule has 1 rings (SSSR count). The molecule has 0 saturated carbocycles. The molecule has 0 saturated heterocycles. The standard InChI is InChI=1S/C23H37NO5/c1-7-11-14-23(6,28-15-8-2)22(26)24-18-12-13-20(29-17(5)9-3)19(16-18)21(25)27-10-4/h12-13,16-17H,7-11,14-15H2,1-6H3,(H,24,26)/t17-,23-/m1/s1. The van der Waals surface area contributed by atoms with Gasteiger partial charge in [0.1, 0.15) is 16.9 Å². The lowest BCUT2D eigenvalue weighted by atomic mass is 9.97. The fourth-order valence-electron chi connectivity index (χ4n) is 2.73. The van der Waals surface area contributed by atoms with Crippen molar-refractivity contribution in [3.63, 3.8) is 0 Å². The van der Waals surface area contributed by atoms with Gasteiger partial charge < -0.3 is 19.5 Å². The third-order valence-electron chi connectivity index (χ3n) is 4.75. The van der Waals surface area contributed by atoms with Crippen LogP contribution in [0.4, 0.5) is 5.69 Å². The smallest absolute Gasteiger partial charge is 0.341 e. The molecule has 1 amide bonds. The van der Waals surface area contributed by atoms with E-state index < -0.39 is 11.6 Å². The summed E-state index contributed by atoms with van der Waals surface area (Å²) in [6, 6.07) is 5.04. The van der Waals surface area contributed by atoms with Crippen LogP contribution in [0.1, 0.15) is 84.0 Å². The van der Waals surface area contributed by atoms with Crippen LogP contribution in [0.25, 0.3) is 0 Å². The molecule has 0 radical (unpaired) electrons. The van der Waals surface area contributed by atoms with E-state index in [1.165, 1.54) is 0 Å². The summed E-state index contributed by atoms with van der Waals surface area (Å²) in [7, 11) is 0. The monoisotopic (exact) mass is 407 g/mol. The van der Waals surface area contributed by atoms with Gasteiger partial charge in [-0.3, -0.25) is 4.79 Å². The first kappa shape index (κ1) is 25.0. The first-order valence-corrected chi connectivity index (χ1v) is 10.7. The van der Waals surface area contributed by atoms with Crippen LogP contribution in [0.5, 0.6) is 5.75 Å². The summed E-state index contributed by atoms with van der Waals surface area (Å²) in [5.41, 5.74) is -0.103. The van der Waals surface area contributed by atoms with Gasteiger partial charge in [-0.15, -0.1) is 0 Å². The predicted molar refractivity (Wildman–Crippen MR) is 116 cm³/mol. The second-order valence-electron chi connectivity index (χ2n) is 7.41. The van der Waals surface area contributed by atoms with Crippen molar-refractivity contribution in [1.82, 2.24) is 0 Å². The lowest BCUT2D eigenvalue weighted by Crippen LogP contribution is -2.43.